The van der Waals surface area contributed by atoms with Crippen molar-refractivity contribution in [3.05, 3.63) is 18.7 Å². The minimum Gasteiger partial charge on any atom is -0.297 e. The lowest BCUT2D eigenvalue weighted by Crippen LogP contribution is -2.41. The van der Waals surface area contributed by atoms with Crippen LogP contribution in [-0.4, -0.2) is 24.3 Å². The van der Waals surface area contributed by atoms with E-state index in [1.807, 2.05) is 30.3 Å². The van der Waals surface area contributed by atoms with Crippen molar-refractivity contribution in [1.82, 2.24) is 9.65 Å². The highest BCUT2D eigenvalue weighted by atomic mass is 31.2. The number of hydrogen-bond acceptors (Lipinski definition) is 3. The lowest BCUT2D eigenvalue weighted by atomic mass is 10.1. The molecule has 42 heavy (non-hydrogen) atoms. The van der Waals surface area contributed by atoms with Crippen LogP contribution in [0.4, 0.5) is 0 Å². The quantitative estimate of drug-likeness (QED) is 0.0499. The van der Waals surface area contributed by atoms with E-state index in [4.69, 9.17) is 9.05 Å². The van der Waals surface area contributed by atoms with Crippen molar-refractivity contribution < 1.29 is 18.2 Å². The van der Waals surface area contributed by atoms with E-state index >= 15 is 0 Å². The lowest BCUT2D eigenvalue weighted by Gasteiger charge is -2.20. The molecule has 1 heterocycles. The summed E-state index contributed by atoms with van der Waals surface area (Å²) in [5.74, 6) is 0. The van der Waals surface area contributed by atoms with Crippen molar-refractivity contribution in [3.8, 4) is 0 Å². The fourth-order valence-electron chi connectivity index (χ4n) is 5.46. The third kappa shape index (κ3) is 22.8. The number of aryl methyl sites for hydroxylation is 1. The van der Waals surface area contributed by atoms with Crippen LogP contribution in [0, 0.1) is 0 Å². The van der Waals surface area contributed by atoms with Crippen molar-refractivity contribution in [3.63, 3.8) is 0 Å². The number of imidazole rings is 1. The van der Waals surface area contributed by atoms with E-state index in [2.05, 4.69) is 30.4 Å². The van der Waals surface area contributed by atoms with Gasteiger partial charge in [-0.2, -0.15) is 0 Å². The normalized spacial score (nSPS) is 12.8. The Morgan fingerprint density at radius 3 is 1.33 bits per heavy atom. The zero-order valence-corrected chi connectivity index (χ0v) is 29.4. The Morgan fingerprint density at radius 1 is 0.643 bits per heavy atom. The standard InChI is InChI=1S/C35H71N3O3P/c1-5-7-9-11-13-15-17-19-21-23-25-27-31-40-42(39,36-33-35(3)38-30-29-37(4)34-38)41-32-28-26-24-22-20-18-16-14-12-10-8-6-2/h29-30,34-35H,5-28,31-33H2,1-4H3,(H,36,39)/q+1. The van der Waals surface area contributed by atoms with Gasteiger partial charge in [-0.3, -0.25) is 9.05 Å². The molecule has 1 aromatic rings. The van der Waals surface area contributed by atoms with Crippen molar-refractivity contribution in [2.45, 2.75) is 181 Å². The van der Waals surface area contributed by atoms with E-state index in [0.717, 1.165) is 25.7 Å². The zero-order valence-electron chi connectivity index (χ0n) is 28.5. The van der Waals surface area contributed by atoms with E-state index in [-0.39, 0.29) is 6.04 Å². The van der Waals surface area contributed by atoms with Gasteiger partial charge in [0.25, 0.3) is 0 Å². The molecule has 248 valence electrons. The van der Waals surface area contributed by atoms with Crippen molar-refractivity contribution in [2.75, 3.05) is 19.8 Å². The maximum absolute atomic E-state index is 13.6. The summed E-state index contributed by atoms with van der Waals surface area (Å²) in [6, 6.07) is 0.157. The second-order valence-corrected chi connectivity index (χ2v) is 14.5. The minimum absolute atomic E-state index is 0.157. The van der Waals surface area contributed by atoms with Crippen LogP contribution in [0.5, 0.6) is 0 Å². The highest BCUT2D eigenvalue weighted by Gasteiger charge is 2.26. The molecule has 1 N–H and O–H groups in total. The molecule has 0 aromatic carbocycles. The summed E-state index contributed by atoms with van der Waals surface area (Å²) in [5.41, 5.74) is 0. The third-order valence-corrected chi connectivity index (χ3v) is 10.0. The average Bonchev–Trinajstić information content (AvgIpc) is 3.43. The van der Waals surface area contributed by atoms with Crippen molar-refractivity contribution in [1.29, 1.82) is 0 Å². The molecule has 7 heteroatoms. The van der Waals surface area contributed by atoms with Crippen LogP contribution in [0.15, 0.2) is 18.7 Å². The predicted octanol–water partition coefficient (Wildman–Crippen LogP) is 11.0. The number of hydrogen-bond donors (Lipinski definition) is 1. The number of rotatable bonds is 32. The molecule has 0 aliphatic rings. The second kappa shape index (κ2) is 27.8. The third-order valence-electron chi connectivity index (χ3n) is 8.40. The van der Waals surface area contributed by atoms with Crippen LogP contribution in [0.2, 0.25) is 0 Å². The SMILES string of the molecule is CCCCCCCCCCCCCCOP(=O)(NCC(C)[n+]1ccn(C)c1)OCCCCCCCCCCCCCC. The molecule has 6 nitrogen and oxygen atoms in total. The van der Waals surface area contributed by atoms with Gasteiger partial charge in [0.05, 0.1) is 20.3 Å². The monoisotopic (exact) mass is 613 g/mol. The molecule has 0 aliphatic carbocycles. The van der Waals surface area contributed by atoms with E-state index in [1.165, 1.54) is 128 Å². The highest BCUT2D eigenvalue weighted by molar-refractivity contribution is 7.51. The molecule has 0 amide bonds. The first-order chi connectivity index (χ1) is 20.5. The molecule has 0 fully saturated rings. The summed E-state index contributed by atoms with van der Waals surface area (Å²) in [5, 5.41) is 3.17. The van der Waals surface area contributed by atoms with Gasteiger partial charge >= 0.3 is 7.75 Å². The Hall–Kier alpha value is -0.680. The number of unbranched alkanes of at least 4 members (excludes halogenated alkanes) is 22. The van der Waals surface area contributed by atoms with Crippen molar-refractivity contribution >= 4 is 7.75 Å². The highest BCUT2D eigenvalue weighted by Crippen LogP contribution is 2.44. The molecule has 1 atom stereocenters. The van der Waals surface area contributed by atoms with Gasteiger partial charge in [0.2, 0.25) is 6.33 Å². The molecule has 0 saturated carbocycles. The fourth-order valence-corrected chi connectivity index (χ4v) is 6.95. The first-order valence-electron chi connectivity index (χ1n) is 18.2. The number of nitrogens with zero attached hydrogens (tertiary/aromatic N) is 2. The second-order valence-electron chi connectivity index (χ2n) is 12.7. The molecule has 1 aromatic heterocycles. The van der Waals surface area contributed by atoms with Crippen LogP contribution in [-0.2, 0) is 20.7 Å². The topological polar surface area (TPSA) is 56.4 Å². The van der Waals surface area contributed by atoms with Crippen LogP contribution in [0.1, 0.15) is 181 Å². The molecule has 0 spiro atoms. The van der Waals surface area contributed by atoms with E-state index in [9.17, 15) is 4.57 Å². The van der Waals surface area contributed by atoms with E-state index in [1.54, 1.807) is 0 Å². The molecular formula is C35H71N3O3P+. The fraction of sp³-hybridized carbons (Fsp3) is 0.914. The van der Waals surface area contributed by atoms with Crippen molar-refractivity contribution in [2.24, 2.45) is 7.05 Å². The summed E-state index contributed by atoms with van der Waals surface area (Å²) in [6.45, 7) is 8.20. The Balaban J connectivity index is 2.22. The molecule has 0 bridgehead atoms. The first-order valence-corrected chi connectivity index (χ1v) is 19.7. The molecule has 0 saturated heterocycles. The van der Waals surface area contributed by atoms with Gasteiger partial charge in [0.1, 0.15) is 18.4 Å². The Kier molecular flexibility index (Phi) is 26.1. The molecule has 1 rings (SSSR count). The van der Waals surface area contributed by atoms with E-state index < -0.39 is 7.75 Å². The van der Waals surface area contributed by atoms with Gasteiger partial charge in [-0.15, -0.1) is 0 Å². The minimum atomic E-state index is -3.32. The van der Waals surface area contributed by atoms with Gasteiger partial charge in [-0.25, -0.2) is 18.8 Å². The van der Waals surface area contributed by atoms with Gasteiger partial charge in [0, 0.05) is 6.54 Å². The summed E-state index contributed by atoms with van der Waals surface area (Å²) >= 11 is 0. The predicted molar refractivity (Wildman–Crippen MR) is 180 cm³/mol. The average molecular weight is 613 g/mol. The van der Waals surface area contributed by atoms with Gasteiger partial charge in [-0.05, 0) is 19.8 Å². The Bertz CT molecular complexity index is 724. The largest absolute Gasteiger partial charge is 0.405 e. The number of nitrogens with one attached hydrogen (secondary N) is 1. The maximum atomic E-state index is 13.6. The summed E-state index contributed by atoms with van der Waals surface area (Å²) in [7, 11) is -1.31. The molecule has 1 unspecified atom stereocenters. The Labute approximate surface area is 261 Å². The molecule has 0 aliphatic heterocycles. The van der Waals surface area contributed by atoms with Crippen LogP contribution in [0.3, 0.4) is 0 Å². The first kappa shape index (κ1) is 39.3. The summed E-state index contributed by atoms with van der Waals surface area (Å²) in [6.07, 6.45) is 37.3. The van der Waals surface area contributed by atoms with Gasteiger partial charge in [0.15, 0.2) is 0 Å². The summed E-state index contributed by atoms with van der Waals surface area (Å²) in [4.78, 5) is 0. The smallest absolute Gasteiger partial charge is 0.297 e. The van der Waals surface area contributed by atoms with Crippen LogP contribution >= 0.6 is 7.75 Å². The lowest BCUT2D eigenvalue weighted by molar-refractivity contribution is -0.717. The van der Waals surface area contributed by atoms with Gasteiger partial charge in [-0.1, -0.05) is 155 Å². The Morgan fingerprint density at radius 2 is 1.00 bits per heavy atom. The molecular weight excluding hydrogens is 541 g/mol. The van der Waals surface area contributed by atoms with Crippen LogP contribution in [0.25, 0.3) is 0 Å². The molecule has 0 radical (unpaired) electrons. The zero-order chi connectivity index (χ0) is 30.6. The van der Waals surface area contributed by atoms with Crippen LogP contribution < -0.4 is 9.65 Å². The summed E-state index contributed by atoms with van der Waals surface area (Å²) < 4.78 is 29.6. The maximum Gasteiger partial charge on any atom is 0.405 e. The van der Waals surface area contributed by atoms with Gasteiger partial charge < -0.3 is 0 Å². The van der Waals surface area contributed by atoms with E-state index in [0.29, 0.717) is 19.8 Å². The number of aromatic nitrogens is 2.